The van der Waals surface area contributed by atoms with Gasteiger partial charge in [-0.2, -0.15) is 0 Å². The maximum Gasteiger partial charge on any atom is 0.302 e. The number of para-hydroxylation sites is 1. The van der Waals surface area contributed by atoms with E-state index in [4.69, 9.17) is 11.2 Å². The van der Waals surface area contributed by atoms with Gasteiger partial charge in [-0.3, -0.25) is 9.36 Å². The molecule has 0 spiro atoms. The van der Waals surface area contributed by atoms with Crippen LogP contribution in [0.5, 0.6) is 11.6 Å². The molecule has 6 nitrogen and oxygen atoms in total. The number of rotatable bonds is 5. The van der Waals surface area contributed by atoms with Gasteiger partial charge in [0.25, 0.3) is 0 Å². The van der Waals surface area contributed by atoms with Crippen LogP contribution in [0.15, 0.2) is 58.8 Å². The van der Waals surface area contributed by atoms with Gasteiger partial charge in [0, 0.05) is 5.39 Å². The third kappa shape index (κ3) is 3.57. The van der Waals surface area contributed by atoms with Gasteiger partial charge in [0.15, 0.2) is 12.3 Å². The van der Waals surface area contributed by atoms with E-state index in [2.05, 4.69) is 16.1 Å². The number of hydrogen-bond acceptors (Lipinski definition) is 4. The molecule has 0 aliphatic heterocycles. The maximum absolute atomic E-state index is 11.9. The number of ether oxygens (including phenoxy) is 1. The number of carbonyl (C=O) groups is 1. The number of azo groups is 1. The Morgan fingerprint density at radius 1 is 1.27 bits per heavy atom. The van der Waals surface area contributed by atoms with Crippen LogP contribution in [0.25, 0.3) is 10.9 Å². The van der Waals surface area contributed by atoms with Crippen LogP contribution >= 0.6 is 0 Å². The van der Waals surface area contributed by atoms with Crippen molar-refractivity contribution in [2.45, 2.75) is 13.5 Å². The average molecular weight is 347 g/mol. The lowest BCUT2D eigenvalue weighted by Gasteiger charge is -2.03. The van der Waals surface area contributed by atoms with Crippen LogP contribution in [0, 0.1) is 19.3 Å². The number of terminal acetylenes is 1. The first-order valence-corrected chi connectivity index (χ1v) is 7.98. The van der Waals surface area contributed by atoms with Crippen LogP contribution in [-0.2, 0) is 11.3 Å². The normalized spacial score (nSPS) is 10.9. The number of amides is 1. The third-order valence-electron chi connectivity index (χ3n) is 3.78. The second-order valence-corrected chi connectivity index (χ2v) is 5.68. The molecule has 1 aromatic heterocycles. The quantitative estimate of drug-likeness (QED) is 0.560. The lowest BCUT2D eigenvalue weighted by molar-refractivity contribution is -0.120. The summed E-state index contributed by atoms with van der Waals surface area (Å²) in [6.07, 6.45) is 5.35. The SMILES string of the molecule is C#CCn1c(O)c(N=NC(=O)COc2cccc(C)c2)c2ccccc21. The van der Waals surface area contributed by atoms with Crippen molar-refractivity contribution >= 4 is 22.5 Å². The summed E-state index contributed by atoms with van der Waals surface area (Å²) in [5, 5.41) is 18.6. The summed E-state index contributed by atoms with van der Waals surface area (Å²) < 4.78 is 6.94. The van der Waals surface area contributed by atoms with Gasteiger partial charge < -0.3 is 9.84 Å². The molecule has 1 amide bonds. The Kier molecular flexibility index (Phi) is 4.99. The Balaban J connectivity index is 1.79. The number of hydrogen-bond donors (Lipinski definition) is 1. The highest BCUT2D eigenvalue weighted by molar-refractivity contribution is 5.95. The molecule has 130 valence electrons. The zero-order valence-corrected chi connectivity index (χ0v) is 14.2. The molecule has 1 N–H and O–H groups in total. The summed E-state index contributed by atoms with van der Waals surface area (Å²) in [7, 11) is 0. The summed E-state index contributed by atoms with van der Waals surface area (Å²) >= 11 is 0. The van der Waals surface area contributed by atoms with Crippen molar-refractivity contribution in [2.24, 2.45) is 10.2 Å². The highest BCUT2D eigenvalue weighted by atomic mass is 16.5. The van der Waals surface area contributed by atoms with Crippen molar-refractivity contribution in [1.82, 2.24) is 4.57 Å². The van der Waals surface area contributed by atoms with Crippen LogP contribution in [-0.4, -0.2) is 22.2 Å². The molecule has 0 aliphatic carbocycles. The fourth-order valence-corrected chi connectivity index (χ4v) is 2.61. The molecule has 26 heavy (non-hydrogen) atoms. The summed E-state index contributed by atoms with van der Waals surface area (Å²) in [6.45, 7) is 1.88. The highest BCUT2D eigenvalue weighted by Crippen LogP contribution is 2.38. The number of aromatic nitrogens is 1. The van der Waals surface area contributed by atoms with Crippen LogP contribution < -0.4 is 4.74 Å². The van der Waals surface area contributed by atoms with Crippen molar-refractivity contribution in [3.8, 4) is 24.0 Å². The predicted molar refractivity (Wildman–Crippen MR) is 98.6 cm³/mol. The smallest absolute Gasteiger partial charge is 0.302 e. The first kappa shape index (κ1) is 17.2. The first-order valence-electron chi connectivity index (χ1n) is 7.98. The van der Waals surface area contributed by atoms with E-state index >= 15 is 0 Å². The fourth-order valence-electron chi connectivity index (χ4n) is 2.61. The number of aryl methyl sites for hydroxylation is 1. The molecule has 2 aromatic carbocycles. The Bertz CT molecular complexity index is 1030. The standard InChI is InChI=1S/C20H17N3O3/c1-3-11-23-17-10-5-4-9-16(17)19(20(23)25)22-21-18(24)13-26-15-8-6-7-14(2)12-15/h1,4-10,12,25H,11,13H2,2H3. The molecule has 0 atom stereocenters. The molecule has 1 heterocycles. The van der Waals surface area contributed by atoms with Crippen molar-refractivity contribution in [3.05, 3.63) is 54.1 Å². The van der Waals surface area contributed by atoms with E-state index in [0.717, 1.165) is 11.1 Å². The zero-order valence-electron chi connectivity index (χ0n) is 14.2. The molecule has 0 radical (unpaired) electrons. The number of carbonyl (C=O) groups excluding carboxylic acids is 1. The van der Waals surface area contributed by atoms with E-state index in [0.29, 0.717) is 11.1 Å². The van der Waals surface area contributed by atoms with Crippen LogP contribution in [0.1, 0.15) is 5.56 Å². The highest BCUT2D eigenvalue weighted by Gasteiger charge is 2.16. The van der Waals surface area contributed by atoms with Gasteiger partial charge in [0.1, 0.15) is 5.75 Å². The lowest BCUT2D eigenvalue weighted by atomic mass is 10.2. The molecule has 0 saturated carbocycles. The largest absolute Gasteiger partial charge is 0.493 e. The number of fused-ring (bicyclic) bond motifs is 1. The van der Waals surface area contributed by atoms with E-state index in [9.17, 15) is 9.90 Å². The molecule has 0 saturated heterocycles. The summed E-state index contributed by atoms with van der Waals surface area (Å²) in [5.41, 5.74) is 1.96. The summed E-state index contributed by atoms with van der Waals surface area (Å²) in [6, 6.07) is 14.6. The van der Waals surface area contributed by atoms with Gasteiger partial charge in [-0.1, -0.05) is 36.3 Å². The predicted octanol–water partition coefficient (Wildman–Crippen LogP) is 3.98. The lowest BCUT2D eigenvalue weighted by Crippen LogP contribution is -2.07. The molecular weight excluding hydrogens is 330 g/mol. The second-order valence-electron chi connectivity index (χ2n) is 5.68. The Morgan fingerprint density at radius 2 is 2.08 bits per heavy atom. The molecule has 0 aliphatic rings. The van der Waals surface area contributed by atoms with Gasteiger partial charge in [-0.15, -0.1) is 16.7 Å². The van der Waals surface area contributed by atoms with Gasteiger partial charge in [0.2, 0.25) is 5.88 Å². The molecule has 3 rings (SSSR count). The van der Waals surface area contributed by atoms with Crippen molar-refractivity contribution in [3.63, 3.8) is 0 Å². The second kappa shape index (κ2) is 7.53. The average Bonchev–Trinajstić information content (AvgIpc) is 2.90. The van der Waals surface area contributed by atoms with Crippen LogP contribution in [0.2, 0.25) is 0 Å². The van der Waals surface area contributed by atoms with E-state index in [1.54, 1.807) is 12.1 Å². The summed E-state index contributed by atoms with van der Waals surface area (Å²) in [4.78, 5) is 11.9. The molecule has 3 aromatic rings. The third-order valence-corrected chi connectivity index (χ3v) is 3.78. The van der Waals surface area contributed by atoms with Gasteiger partial charge in [0.05, 0.1) is 12.1 Å². The van der Waals surface area contributed by atoms with Gasteiger partial charge >= 0.3 is 5.91 Å². The Hall–Kier alpha value is -3.59. The molecule has 0 bridgehead atoms. The fraction of sp³-hybridized carbons (Fsp3) is 0.150. The van der Waals surface area contributed by atoms with E-state index < -0.39 is 5.91 Å². The van der Waals surface area contributed by atoms with Gasteiger partial charge in [-0.25, -0.2) is 0 Å². The minimum absolute atomic E-state index is 0.125. The maximum atomic E-state index is 11.9. The molecule has 0 fully saturated rings. The number of benzene rings is 2. The van der Waals surface area contributed by atoms with Crippen LogP contribution in [0.3, 0.4) is 0 Å². The minimum atomic E-state index is -0.556. The van der Waals surface area contributed by atoms with E-state index in [-0.39, 0.29) is 24.7 Å². The summed E-state index contributed by atoms with van der Waals surface area (Å²) in [5.74, 6) is 2.39. The number of aromatic hydroxyl groups is 1. The first-order chi connectivity index (χ1) is 12.6. The molecular formula is C20H17N3O3. The Morgan fingerprint density at radius 3 is 2.85 bits per heavy atom. The van der Waals surface area contributed by atoms with Crippen molar-refractivity contribution in [1.29, 1.82) is 0 Å². The monoisotopic (exact) mass is 347 g/mol. The topological polar surface area (TPSA) is 76.2 Å². The van der Waals surface area contributed by atoms with E-state index in [1.165, 1.54) is 4.57 Å². The van der Waals surface area contributed by atoms with E-state index in [1.807, 2.05) is 43.3 Å². The number of nitrogens with zero attached hydrogens (tertiary/aromatic N) is 3. The van der Waals surface area contributed by atoms with Gasteiger partial charge in [-0.05, 0) is 30.7 Å². The van der Waals surface area contributed by atoms with Crippen molar-refractivity contribution < 1.29 is 14.6 Å². The van der Waals surface area contributed by atoms with Crippen LogP contribution in [0.4, 0.5) is 5.69 Å². The van der Waals surface area contributed by atoms with Crippen molar-refractivity contribution in [2.75, 3.05) is 6.61 Å². The minimum Gasteiger partial charge on any atom is -0.493 e. The zero-order chi connectivity index (χ0) is 18.5. The Labute approximate surface area is 150 Å². The molecule has 0 unspecified atom stereocenters. The molecule has 6 heteroatoms.